The Bertz CT molecular complexity index is 1560. The van der Waals surface area contributed by atoms with E-state index in [9.17, 15) is 14.4 Å². The van der Waals surface area contributed by atoms with Crippen LogP contribution < -0.4 is 15.4 Å². The van der Waals surface area contributed by atoms with Gasteiger partial charge in [0.1, 0.15) is 25.0 Å². The van der Waals surface area contributed by atoms with Crippen LogP contribution in [0.1, 0.15) is 36.2 Å². The number of hydrogen-bond acceptors (Lipinski definition) is 7. The summed E-state index contributed by atoms with van der Waals surface area (Å²) in [5.41, 5.74) is 3.01. The molecule has 254 valence electrons. The second kappa shape index (κ2) is 17.7. The van der Waals surface area contributed by atoms with Crippen LogP contribution in [0.25, 0.3) is 0 Å². The number of ether oxygens (including phenoxy) is 2. The number of rotatable bonds is 17. The van der Waals surface area contributed by atoms with Crippen LogP contribution in [-0.2, 0) is 39.3 Å². The Morgan fingerprint density at radius 3 is 2.25 bits per heavy atom. The molecule has 0 aliphatic rings. The van der Waals surface area contributed by atoms with Crippen LogP contribution in [-0.4, -0.2) is 84.1 Å². The molecule has 0 fully saturated rings. The third-order valence-electron chi connectivity index (χ3n) is 7.81. The number of H-pyrrole nitrogens is 1. The fraction of sp³-hybridized carbons (Fsp3) is 0.351. The molecular weight excluding hydrogens is 608 g/mol. The van der Waals surface area contributed by atoms with Crippen LogP contribution in [0.5, 0.6) is 5.75 Å². The van der Waals surface area contributed by atoms with E-state index in [1.54, 1.807) is 6.20 Å². The van der Waals surface area contributed by atoms with E-state index in [2.05, 4.69) is 34.4 Å². The molecule has 11 heteroatoms. The first-order valence-corrected chi connectivity index (χ1v) is 16.0. The van der Waals surface area contributed by atoms with E-state index in [1.165, 1.54) is 11.2 Å². The molecule has 4 rings (SSSR count). The number of hydrogen-bond donors (Lipinski definition) is 3. The summed E-state index contributed by atoms with van der Waals surface area (Å²) in [5.74, 6) is -0.0488. The number of aromatic nitrogens is 2. The Balaban J connectivity index is 1.50. The number of amides is 3. The summed E-state index contributed by atoms with van der Waals surface area (Å²) >= 11 is 0. The lowest BCUT2D eigenvalue weighted by molar-refractivity contribution is -0.138. The highest BCUT2D eigenvalue weighted by Gasteiger charge is 2.30. The minimum atomic E-state index is -1.03. The first-order chi connectivity index (χ1) is 23.1. The SMILES string of the molecule is CN(C)CCOc1ccc(CN(CC(=O)NCC(C)(C)c2ccccc2)C(=O)[C@H](Cc2cnc[nH]2)NC(=O)OCc2ccccc2)cc1. The summed E-state index contributed by atoms with van der Waals surface area (Å²) in [7, 11) is 3.96. The Labute approximate surface area is 282 Å². The molecule has 3 aromatic carbocycles. The third-order valence-corrected chi connectivity index (χ3v) is 7.81. The average Bonchev–Trinajstić information content (AvgIpc) is 3.60. The van der Waals surface area contributed by atoms with Crippen molar-refractivity contribution in [3.63, 3.8) is 0 Å². The summed E-state index contributed by atoms with van der Waals surface area (Å²) in [4.78, 5) is 51.1. The first kappa shape index (κ1) is 35.7. The Morgan fingerprint density at radius 1 is 0.917 bits per heavy atom. The summed E-state index contributed by atoms with van der Waals surface area (Å²) in [5, 5.41) is 5.74. The average molecular weight is 655 g/mol. The number of carbonyl (C=O) groups excluding carboxylic acids is 3. The topological polar surface area (TPSA) is 129 Å². The molecule has 0 saturated carbocycles. The molecule has 48 heavy (non-hydrogen) atoms. The standard InChI is InChI=1S/C37H46N6O5/c1-37(2,30-13-9-6-10-14-30)26-39-34(44)24-43(23-28-15-17-32(18-16-28)47-20-19-42(3)4)35(45)33(21-31-22-38-27-40-31)41-36(46)48-25-29-11-7-5-8-12-29/h5-18,22,27,33H,19-21,23-26H2,1-4H3,(H,38,40)(H,39,44)(H,41,46)/t33-/m0/s1. The number of carbonyl (C=O) groups is 3. The number of benzene rings is 3. The molecule has 3 N–H and O–H groups in total. The number of nitrogens with one attached hydrogen (secondary N) is 3. The van der Waals surface area contributed by atoms with Gasteiger partial charge in [-0.15, -0.1) is 0 Å². The van der Waals surface area contributed by atoms with Crippen molar-refractivity contribution in [1.29, 1.82) is 0 Å². The Hall–Kier alpha value is -5.16. The van der Waals surface area contributed by atoms with E-state index in [4.69, 9.17) is 9.47 Å². The van der Waals surface area contributed by atoms with E-state index >= 15 is 0 Å². The zero-order chi connectivity index (χ0) is 34.4. The molecule has 0 unspecified atom stereocenters. The second-order valence-corrected chi connectivity index (χ2v) is 12.6. The molecule has 3 amide bonds. The van der Waals surface area contributed by atoms with Crippen molar-refractivity contribution >= 4 is 17.9 Å². The lowest BCUT2D eigenvalue weighted by Gasteiger charge is -2.29. The number of aromatic amines is 1. The predicted octanol–water partition coefficient (Wildman–Crippen LogP) is 4.31. The van der Waals surface area contributed by atoms with Crippen molar-refractivity contribution in [2.45, 2.75) is 44.9 Å². The number of imidazole rings is 1. The number of alkyl carbamates (subject to hydrolysis) is 1. The molecule has 0 saturated heterocycles. The molecule has 0 bridgehead atoms. The van der Waals surface area contributed by atoms with E-state index in [1.807, 2.05) is 104 Å². The lowest BCUT2D eigenvalue weighted by atomic mass is 9.84. The molecule has 4 aromatic rings. The van der Waals surface area contributed by atoms with Gasteiger partial charge in [0.15, 0.2) is 0 Å². The van der Waals surface area contributed by atoms with Gasteiger partial charge in [0.2, 0.25) is 11.8 Å². The van der Waals surface area contributed by atoms with Crippen LogP contribution in [0.3, 0.4) is 0 Å². The van der Waals surface area contributed by atoms with E-state index in [0.29, 0.717) is 24.6 Å². The highest BCUT2D eigenvalue weighted by atomic mass is 16.5. The normalized spacial score (nSPS) is 11.9. The van der Waals surface area contributed by atoms with Gasteiger partial charge in [-0.3, -0.25) is 9.59 Å². The Morgan fingerprint density at radius 2 is 1.60 bits per heavy atom. The minimum Gasteiger partial charge on any atom is -0.492 e. The molecule has 1 aromatic heterocycles. The fourth-order valence-electron chi connectivity index (χ4n) is 4.95. The van der Waals surface area contributed by atoms with Crippen LogP contribution in [0, 0.1) is 0 Å². The predicted molar refractivity (Wildman–Crippen MR) is 184 cm³/mol. The maximum absolute atomic E-state index is 14.2. The smallest absolute Gasteiger partial charge is 0.408 e. The highest BCUT2D eigenvalue weighted by Crippen LogP contribution is 2.22. The van der Waals surface area contributed by atoms with Crippen molar-refractivity contribution in [3.8, 4) is 5.75 Å². The zero-order valence-electron chi connectivity index (χ0n) is 28.1. The molecular formula is C37H46N6O5. The maximum atomic E-state index is 14.2. The van der Waals surface area contributed by atoms with Crippen LogP contribution in [0.4, 0.5) is 4.79 Å². The van der Waals surface area contributed by atoms with Crippen LogP contribution >= 0.6 is 0 Å². The lowest BCUT2D eigenvalue weighted by Crippen LogP contribution is -2.52. The van der Waals surface area contributed by atoms with Gasteiger partial charge in [0.25, 0.3) is 0 Å². The van der Waals surface area contributed by atoms with Crippen LogP contribution in [0.15, 0.2) is 97.5 Å². The molecule has 1 heterocycles. The van der Waals surface area contributed by atoms with Gasteiger partial charge >= 0.3 is 6.09 Å². The van der Waals surface area contributed by atoms with Crippen molar-refractivity contribution in [2.24, 2.45) is 0 Å². The van der Waals surface area contributed by atoms with Gasteiger partial charge in [-0.25, -0.2) is 9.78 Å². The second-order valence-electron chi connectivity index (χ2n) is 12.6. The monoisotopic (exact) mass is 654 g/mol. The summed E-state index contributed by atoms with van der Waals surface area (Å²) in [6.07, 6.45) is 2.48. The molecule has 0 aliphatic heterocycles. The largest absolute Gasteiger partial charge is 0.492 e. The van der Waals surface area contributed by atoms with Crippen molar-refractivity contribution in [2.75, 3.05) is 40.3 Å². The summed E-state index contributed by atoms with van der Waals surface area (Å²) < 4.78 is 11.3. The number of likely N-dealkylation sites (N-methyl/N-ethyl adjacent to an activating group) is 1. The van der Waals surface area contributed by atoms with Gasteiger partial charge in [-0.1, -0.05) is 86.6 Å². The number of nitrogens with zero attached hydrogens (tertiary/aromatic N) is 3. The Kier molecular flexibility index (Phi) is 13.1. The fourth-order valence-corrected chi connectivity index (χ4v) is 4.95. The minimum absolute atomic E-state index is 0.0456. The van der Waals surface area contributed by atoms with Crippen molar-refractivity contribution < 1.29 is 23.9 Å². The molecule has 1 atom stereocenters. The van der Waals surface area contributed by atoms with Gasteiger partial charge in [-0.05, 0) is 42.9 Å². The quantitative estimate of drug-likeness (QED) is 0.155. The molecule has 11 nitrogen and oxygen atoms in total. The van der Waals surface area contributed by atoms with Gasteiger partial charge in [0.05, 0.1) is 12.9 Å². The van der Waals surface area contributed by atoms with E-state index in [0.717, 1.165) is 23.2 Å². The molecule has 0 spiro atoms. The van der Waals surface area contributed by atoms with Crippen molar-refractivity contribution in [1.82, 2.24) is 30.4 Å². The molecule has 0 aliphatic carbocycles. The maximum Gasteiger partial charge on any atom is 0.408 e. The van der Waals surface area contributed by atoms with Gasteiger partial charge < -0.3 is 34.9 Å². The highest BCUT2D eigenvalue weighted by molar-refractivity contribution is 5.89. The van der Waals surface area contributed by atoms with Crippen LogP contribution in [0.2, 0.25) is 0 Å². The van der Waals surface area contributed by atoms with E-state index in [-0.39, 0.29) is 37.4 Å². The van der Waals surface area contributed by atoms with E-state index < -0.39 is 18.0 Å². The third kappa shape index (κ3) is 11.6. The summed E-state index contributed by atoms with van der Waals surface area (Å²) in [6.45, 7) is 5.76. The van der Waals surface area contributed by atoms with Gasteiger partial charge in [-0.2, -0.15) is 0 Å². The van der Waals surface area contributed by atoms with Crippen molar-refractivity contribution in [3.05, 3.63) is 120 Å². The molecule has 0 radical (unpaired) electrons. The first-order valence-electron chi connectivity index (χ1n) is 16.0. The summed E-state index contributed by atoms with van der Waals surface area (Å²) in [6, 6.07) is 25.6. The van der Waals surface area contributed by atoms with Gasteiger partial charge in [0, 0.05) is 43.4 Å². The zero-order valence-corrected chi connectivity index (χ0v) is 28.1.